The Hall–Kier alpha value is -2.68. The first-order chi connectivity index (χ1) is 14.3. The quantitative estimate of drug-likeness (QED) is 0.774. The number of carbonyl (C=O) groups excluding carboxylic acids is 1. The fourth-order valence-corrected chi connectivity index (χ4v) is 4.05. The van der Waals surface area contributed by atoms with Crippen molar-refractivity contribution in [2.24, 2.45) is 12.1 Å². The summed E-state index contributed by atoms with van der Waals surface area (Å²) in [5.41, 5.74) is 0.317. The first kappa shape index (κ1) is 20.6. The smallest absolute Gasteiger partial charge is 0.255 e. The summed E-state index contributed by atoms with van der Waals surface area (Å²) in [5.74, 6) is -0.313. The van der Waals surface area contributed by atoms with Crippen LogP contribution in [-0.4, -0.2) is 61.4 Å². The van der Waals surface area contributed by atoms with E-state index in [9.17, 15) is 15.0 Å². The lowest BCUT2D eigenvalue weighted by molar-refractivity contribution is -0.130. The van der Waals surface area contributed by atoms with Crippen molar-refractivity contribution in [2.45, 2.75) is 31.5 Å². The number of allylic oxidation sites excluding steroid dienone is 1. The van der Waals surface area contributed by atoms with E-state index in [4.69, 9.17) is 11.6 Å². The van der Waals surface area contributed by atoms with Gasteiger partial charge in [-0.3, -0.25) is 9.48 Å². The summed E-state index contributed by atoms with van der Waals surface area (Å²) in [6.07, 6.45) is 6.47. The zero-order valence-electron chi connectivity index (χ0n) is 16.9. The number of anilines is 1. The van der Waals surface area contributed by atoms with Crippen molar-refractivity contribution in [3.05, 3.63) is 58.9 Å². The van der Waals surface area contributed by atoms with Crippen LogP contribution in [0, 0.1) is 0 Å². The maximum atomic E-state index is 13.5. The molecule has 0 radical (unpaired) electrons. The molecule has 0 bridgehead atoms. The average Bonchev–Trinajstić information content (AvgIpc) is 3.36. The van der Waals surface area contributed by atoms with Crippen molar-refractivity contribution in [3.63, 3.8) is 0 Å². The van der Waals surface area contributed by atoms with Crippen molar-refractivity contribution in [1.29, 1.82) is 0 Å². The summed E-state index contributed by atoms with van der Waals surface area (Å²) in [6.45, 7) is 1.97. The van der Waals surface area contributed by atoms with Gasteiger partial charge in [0.25, 0.3) is 5.91 Å². The number of hydrogen-bond acceptors (Lipinski definition) is 6. The molecule has 3 heterocycles. The summed E-state index contributed by atoms with van der Waals surface area (Å²) in [5, 5.41) is 31.9. The van der Waals surface area contributed by atoms with Crippen molar-refractivity contribution in [2.75, 3.05) is 18.2 Å². The van der Waals surface area contributed by atoms with Gasteiger partial charge in [-0.25, -0.2) is 5.01 Å². The van der Waals surface area contributed by atoms with Crippen LogP contribution < -0.4 is 5.01 Å². The number of nitrogens with zero attached hydrogens (tertiary/aromatic N) is 5. The third-order valence-electron chi connectivity index (χ3n) is 5.57. The minimum Gasteiger partial charge on any atom is -0.394 e. The van der Waals surface area contributed by atoms with Crippen LogP contribution in [0.15, 0.2) is 53.4 Å². The van der Waals surface area contributed by atoms with E-state index in [-0.39, 0.29) is 24.1 Å². The summed E-state index contributed by atoms with van der Waals surface area (Å²) in [7, 11) is 1.77. The zero-order valence-corrected chi connectivity index (χ0v) is 17.6. The average molecular weight is 430 g/mol. The van der Waals surface area contributed by atoms with E-state index in [0.717, 1.165) is 18.4 Å². The standard InChI is InChI=1S/C21H24ClN5O3/c1-21(30)18(20(29)26-9-3-4-16(26)13-28)10-19(14-5-7-15(22)8-6-14)24-27(21)17-11-23-25(2)12-17/h5-8,10-12,16,28,30H,3-4,9,13H2,1-2H3/t16-,21-/m0/s1. The molecule has 0 unspecified atom stereocenters. The van der Waals surface area contributed by atoms with Crippen LogP contribution in [0.4, 0.5) is 5.69 Å². The van der Waals surface area contributed by atoms with Gasteiger partial charge >= 0.3 is 0 Å². The highest BCUT2D eigenvalue weighted by atomic mass is 35.5. The normalized spacial score (nSPS) is 24.1. The summed E-state index contributed by atoms with van der Waals surface area (Å²) < 4.78 is 1.60. The predicted octanol–water partition coefficient (Wildman–Crippen LogP) is 1.92. The first-order valence-electron chi connectivity index (χ1n) is 9.81. The van der Waals surface area contributed by atoms with Gasteiger partial charge in [-0.2, -0.15) is 10.2 Å². The number of amides is 1. The van der Waals surface area contributed by atoms with E-state index in [1.54, 1.807) is 47.2 Å². The van der Waals surface area contributed by atoms with E-state index in [0.29, 0.717) is 23.0 Å². The number of aliphatic hydroxyl groups is 2. The molecular formula is C21H24ClN5O3. The fraction of sp³-hybridized carbons (Fsp3) is 0.381. The Morgan fingerprint density at radius 2 is 2.07 bits per heavy atom. The molecule has 1 aromatic carbocycles. The van der Waals surface area contributed by atoms with Crippen LogP contribution in [0.3, 0.4) is 0 Å². The summed E-state index contributed by atoms with van der Waals surface area (Å²) in [6, 6.07) is 6.87. The number of carbonyl (C=O) groups is 1. The van der Waals surface area contributed by atoms with Crippen molar-refractivity contribution < 1.29 is 15.0 Å². The lowest BCUT2D eigenvalue weighted by atomic mass is 9.96. The Morgan fingerprint density at radius 1 is 1.33 bits per heavy atom. The predicted molar refractivity (Wildman–Crippen MR) is 114 cm³/mol. The second-order valence-corrected chi connectivity index (χ2v) is 8.17. The molecule has 0 spiro atoms. The van der Waals surface area contributed by atoms with Crippen molar-refractivity contribution in [3.8, 4) is 0 Å². The topological polar surface area (TPSA) is 94.2 Å². The molecule has 1 amide bonds. The Balaban J connectivity index is 1.81. The van der Waals surface area contributed by atoms with Crippen LogP contribution >= 0.6 is 11.6 Å². The molecule has 1 aromatic heterocycles. The number of aromatic nitrogens is 2. The zero-order chi connectivity index (χ0) is 21.5. The summed E-state index contributed by atoms with van der Waals surface area (Å²) in [4.78, 5) is 15.1. The molecule has 9 heteroatoms. The molecule has 2 aromatic rings. The van der Waals surface area contributed by atoms with Gasteiger partial charge in [0.05, 0.1) is 30.1 Å². The SMILES string of the molecule is Cn1cc(N2N=C(c3ccc(Cl)cc3)C=C(C(=O)N3CCC[C@H]3CO)[C@]2(C)O)cn1. The van der Waals surface area contributed by atoms with Gasteiger partial charge in [0.1, 0.15) is 5.69 Å². The minimum atomic E-state index is -1.70. The molecule has 2 N–H and O–H groups in total. The van der Waals surface area contributed by atoms with Crippen molar-refractivity contribution >= 4 is 28.9 Å². The van der Waals surface area contributed by atoms with E-state index < -0.39 is 5.72 Å². The highest BCUT2D eigenvalue weighted by molar-refractivity contribution is 6.30. The van der Waals surface area contributed by atoms with Gasteiger partial charge in [0.2, 0.25) is 0 Å². The molecule has 1 saturated heterocycles. The maximum Gasteiger partial charge on any atom is 0.255 e. The molecule has 0 saturated carbocycles. The van der Waals surface area contributed by atoms with Crippen molar-refractivity contribution in [1.82, 2.24) is 14.7 Å². The summed E-state index contributed by atoms with van der Waals surface area (Å²) >= 11 is 6.02. The number of halogens is 1. The van der Waals surface area contributed by atoms with Gasteiger partial charge in [-0.1, -0.05) is 23.7 Å². The number of aryl methyl sites for hydroxylation is 1. The van der Waals surface area contributed by atoms with Crippen LogP contribution in [-0.2, 0) is 11.8 Å². The molecule has 0 aliphatic carbocycles. The van der Waals surface area contributed by atoms with Gasteiger partial charge in [0.15, 0.2) is 5.72 Å². The van der Waals surface area contributed by atoms with E-state index in [1.165, 1.54) is 11.9 Å². The van der Waals surface area contributed by atoms with Gasteiger partial charge in [0, 0.05) is 30.4 Å². The Labute approximate surface area is 179 Å². The lowest BCUT2D eigenvalue weighted by Crippen LogP contribution is -2.53. The van der Waals surface area contributed by atoms with Crippen LogP contribution in [0.1, 0.15) is 25.3 Å². The van der Waals surface area contributed by atoms with Crippen LogP contribution in [0.5, 0.6) is 0 Å². The molecule has 8 nitrogen and oxygen atoms in total. The number of aliphatic hydroxyl groups excluding tert-OH is 1. The lowest BCUT2D eigenvalue weighted by Gasteiger charge is -2.40. The molecule has 30 heavy (non-hydrogen) atoms. The van der Waals surface area contributed by atoms with Gasteiger partial charge in [-0.05, 0) is 38.0 Å². The molecule has 158 valence electrons. The van der Waals surface area contributed by atoms with E-state index in [1.807, 2.05) is 12.1 Å². The number of hydrazone groups is 1. The number of rotatable bonds is 4. The second kappa shape index (κ2) is 7.86. The largest absolute Gasteiger partial charge is 0.394 e. The molecule has 4 rings (SSSR count). The second-order valence-electron chi connectivity index (χ2n) is 7.73. The molecule has 2 aliphatic heterocycles. The third-order valence-corrected chi connectivity index (χ3v) is 5.82. The van der Waals surface area contributed by atoms with E-state index >= 15 is 0 Å². The van der Waals surface area contributed by atoms with E-state index in [2.05, 4.69) is 10.2 Å². The maximum absolute atomic E-state index is 13.5. The first-order valence-corrected chi connectivity index (χ1v) is 10.2. The highest BCUT2D eigenvalue weighted by Gasteiger charge is 2.44. The number of benzene rings is 1. The Bertz CT molecular complexity index is 1010. The Morgan fingerprint density at radius 3 is 2.70 bits per heavy atom. The highest BCUT2D eigenvalue weighted by Crippen LogP contribution is 2.35. The van der Waals surface area contributed by atoms with Crippen LogP contribution in [0.2, 0.25) is 5.02 Å². The molecular weight excluding hydrogens is 406 g/mol. The molecule has 2 atom stereocenters. The monoisotopic (exact) mass is 429 g/mol. The minimum absolute atomic E-state index is 0.106. The van der Waals surface area contributed by atoms with Gasteiger partial charge < -0.3 is 15.1 Å². The Kier molecular flexibility index (Phi) is 5.40. The van der Waals surface area contributed by atoms with Crippen LogP contribution in [0.25, 0.3) is 0 Å². The number of hydrogen-bond donors (Lipinski definition) is 2. The van der Waals surface area contributed by atoms with Gasteiger partial charge in [-0.15, -0.1) is 0 Å². The fourth-order valence-electron chi connectivity index (χ4n) is 3.92. The number of likely N-dealkylation sites (tertiary alicyclic amines) is 1. The molecule has 2 aliphatic rings. The molecule has 1 fully saturated rings. The third kappa shape index (κ3) is 3.62.